The highest BCUT2D eigenvalue weighted by atomic mass is 35.5. The second-order valence-corrected chi connectivity index (χ2v) is 10.8. The minimum atomic E-state index is -4.77. The first-order chi connectivity index (χ1) is 20.1. The third-order valence-electron chi connectivity index (χ3n) is 5.48. The Kier molecular flexibility index (Phi) is 10.8. The predicted molar refractivity (Wildman–Crippen MR) is 155 cm³/mol. The molecule has 0 aliphatic heterocycles. The van der Waals surface area contributed by atoms with Crippen LogP contribution in [-0.4, -0.2) is 33.7 Å². The van der Waals surface area contributed by atoms with Gasteiger partial charge in [-0.05, 0) is 60.7 Å². The number of phenols is 1. The minimum absolute atomic E-state index is 0.0138. The summed E-state index contributed by atoms with van der Waals surface area (Å²) in [6.45, 7) is 0. The van der Waals surface area contributed by atoms with Crippen LogP contribution in [0.3, 0.4) is 0 Å². The van der Waals surface area contributed by atoms with Gasteiger partial charge in [0.25, 0.3) is 5.91 Å². The van der Waals surface area contributed by atoms with Gasteiger partial charge in [-0.2, -0.15) is 13.2 Å². The van der Waals surface area contributed by atoms with E-state index in [4.69, 9.17) is 47.7 Å². The van der Waals surface area contributed by atoms with Gasteiger partial charge in [-0.15, -0.1) is 0 Å². The maximum Gasteiger partial charge on any atom is 0.416 e. The van der Waals surface area contributed by atoms with Crippen molar-refractivity contribution in [3.63, 3.8) is 0 Å². The zero-order chi connectivity index (χ0) is 31.9. The molecule has 0 aromatic heterocycles. The van der Waals surface area contributed by atoms with Gasteiger partial charge in [-0.25, -0.2) is 13.6 Å². The van der Waals surface area contributed by atoms with E-state index in [2.05, 4.69) is 5.32 Å². The van der Waals surface area contributed by atoms with Gasteiger partial charge in [0.1, 0.15) is 10.6 Å². The van der Waals surface area contributed by atoms with Crippen LogP contribution in [0.25, 0.3) is 0 Å². The fourth-order valence-corrected chi connectivity index (χ4v) is 4.59. The van der Waals surface area contributed by atoms with Crippen molar-refractivity contribution in [1.29, 1.82) is 0 Å². The standard InChI is InChI=1S/C21H15Cl2F3N2O5S.C7H8O2/c1-32-18-9-12(22)4-7-17(18)33-16-6-2-11(21(24,25)26)8-14(16)20(29)28-15-5-3-13(23)10-19(15)34(27,30)31;1-9-7-5-3-2-4-6(7)8/h2-10H,1H3,(H,28,29)(H2,27,30,31);2-5,8H,1H3. The number of hydrogen-bond acceptors (Lipinski definition) is 7. The van der Waals surface area contributed by atoms with Gasteiger partial charge in [0.15, 0.2) is 23.0 Å². The fourth-order valence-electron chi connectivity index (χ4n) is 3.47. The Labute approximate surface area is 254 Å². The van der Waals surface area contributed by atoms with Gasteiger partial charge in [-0.1, -0.05) is 35.3 Å². The summed E-state index contributed by atoms with van der Waals surface area (Å²) in [6, 6.07) is 16.8. The van der Waals surface area contributed by atoms with E-state index in [0.717, 1.165) is 24.3 Å². The first-order valence-electron chi connectivity index (χ1n) is 11.8. The number of amides is 1. The second-order valence-electron chi connectivity index (χ2n) is 8.42. The maximum atomic E-state index is 13.3. The van der Waals surface area contributed by atoms with Crippen molar-refractivity contribution in [2.75, 3.05) is 19.5 Å². The van der Waals surface area contributed by atoms with Crippen LogP contribution in [0.1, 0.15) is 15.9 Å². The number of ether oxygens (including phenoxy) is 3. The molecule has 0 aliphatic rings. The quantitative estimate of drug-likeness (QED) is 0.192. The van der Waals surface area contributed by atoms with E-state index in [1.54, 1.807) is 24.3 Å². The van der Waals surface area contributed by atoms with E-state index in [1.165, 1.54) is 38.5 Å². The lowest BCUT2D eigenvalue weighted by Gasteiger charge is -2.16. The van der Waals surface area contributed by atoms with Crippen LogP contribution in [0.15, 0.2) is 83.8 Å². The largest absolute Gasteiger partial charge is 0.504 e. The number of carbonyl (C=O) groups excluding carboxylic acids is 1. The van der Waals surface area contributed by atoms with Crippen LogP contribution in [0, 0.1) is 0 Å². The van der Waals surface area contributed by atoms with Gasteiger partial charge in [-0.3, -0.25) is 4.79 Å². The summed E-state index contributed by atoms with van der Waals surface area (Å²) in [6.07, 6.45) is -4.77. The number of anilines is 1. The Bertz CT molecular complexity index is 1740. The topological polar surface area (TPSA) is 137 Å². The first-order valence-corrected chi connectivity index (χ1v) is 14.1. The van der Waals surface area contributed by atoms with Crippen molar-refractivity contribution in [2.24, 2.45) is 5.14 Å². The summed E-state index contributed by atoms with van der Waals surface area (Å²) in [7, 11) is -1.48. The van der Waals surface area contributed by atoms with Gasteiger partial charge >= 0.3 is 6.18 Å². The summed E-state index contributed by atoms with van der Waals surface area (Å²) in [4.78, 5) is 12.5. The summed E-state index contributed by atoms with van der Waals surface area (Å²) < 4.78 is 79.4. The van der Waals surface area contributed by atoms with Crippen molar-refractivity contribution in [3.8, 4) is 28.7 Å². The molecule has 0 radical (unpaired) electrons. The lowest BCUT2D eigenvalue weighted by atomic mass is 10.1. The number of primary sulfonamides is 1. The van der Waals surface area contributed by atoms with Crippen molar-refractivity contribution in [3.05, 3.63) is 100 Å². The van der Waals surface area contributed by atoms with Crippen molar-refractivity contribution in [1.82, 2.24) is 0 Å². The highest BCUT2D eigenvalue weighted by Gasteiger charge is 2.32. The van der Waals surface area contributed by atoms with E-state index in [-0.39, 0.29) is 33.7 Å². The third-order valence-corrected chi connectivity index (χ3v) is 6.90. The number of nitrogens with one attached hydrogen (secondary N) is 1. The van der Waals surface area contributed by atoms with E-state index in [1.807, 2.05) is 0 Å². The smallest absolute Gasteiger partial charge is 0.416 e. The molecule has 9 nitrogen and oxygen atoms in total. The molecule has 4 aromatic rings. The Balaban J connectivity index is 0.000000480. The van der Waals surface area contributed by atoms with Crippen LogP contribution >= 0.6 is 23.2 Å². The lowest BCUT2D eigenvalue weighted by molar-refractivity contribution is -0.137. The summed E-state index contributed by atoms with van der Waals surface area (Å²) >= 11 is 11.7. The monoisotopic (exact) mass is 658 g/mol. The molecule has 15 heteroatoms. The van der Waals surface area contributed by atoms with E-state index in [0.29, 0.717) is 16.8 Å². The van der Waals surface area contributed by atoms with Gasteiger partial charge in [0, 0.05) is 16.1 Å². The molecule has 0 saturated carbocycles. The Hall–Kier alpha value is -4.17. The molecule has 43 heavy (non-hydrogen) atoms. The summed E-state index contributed by atoms with van der Waals surface area (Å²) in [5, 5.41) is 16.7. The Morgan fingerprint density at radius 1 is 0.837 bits per heavy atom. The lowest BCUT2D eigenvalue weighted by Crippen LogP contribution is -2.19. The Morgan fingerprint density at radius 2 is 1.44 bits per heavy atom. The highest BCUT2D eigenvalue weighted by molar-refractivity contribution is 7.89. The van der Waals surface area contributed by atoms with Gasteiger partial charge in [0.2, 0.25) is 10.0 Å². The molecule has 1 amide bonds. The normalized spacial score (nSPS) is 11.2. The molecular weight excluding hydrogens is 636 g/mol. The molecule has 0 fully saturated rings. The molecular formula is C28H23Cl2F3N2O7S. The van der Waals surface area contributed by atoms with E-state index < -0.39 is 38.1 Å². The van der Waals surface area contributed by atoms with Crippen molar-refractivity contribution in [2.45, 2.75) is 11.1 Å². The van der Waals surface area contributed by atoms with Gasteiger partial charge in [0.05, 0.1) is 31.0 Å². The van der Waals surface area contributed by atoms with Crippen molar-refractivity contribution >= 4 is 44.8 Å². The minimum Gasteiger partial charge on any atom is -0.504 e. The number of carbonyl (C=O) groups is 1. The van der Waals surface area contributed by atoms with E-state index in [9.17, 15) is 26.4 Å². The van der Waals surface area contributed by atoms with E-state index >= 15 is 0 Å². The molecule has 0 unspecified atom stereocenters. The van der Waals surface area contributed by atoms with Crippen LogP contribution in [0.2, 0.25) is 10.0 Å². The number of para-hydroxylation sites is 2. The molecule has 0 atom stereocenters. The summed E-state index contributed by atoms with van der Waals surface area (Å²) in [5.74, 6) is -0.443. The molecule has 228 valence electrons. The number of aromatic hydroxyl groups is 1. The van der Waals surface area contributed by atoms with Crippen LogP contribution in [-0.2, 0) is 16.2 Å². The zero-order valence-electron chi connectivity index (χ0n) is 22.3. The van der Waals surface area contributed by atoms with Crippen molar-refractivity contribution < 1.29 is 45.7 Å². The number of nitrogens with two attached hydrogens (primary N) is 1. The molecule has 4 rings (SSSR count). The van der Waals surface area contributed by atoms with Crippen LogP contribution in [0.4, 0.5) is 18.9 Å². The molecule has 0 aliphatic carbocycles. The van der Waals surface area contributed by atoms with Gasteiger partial charge < -0.3 is 24.6 Å². The molecule has 0 bridgehead atoms. The molecule has 0 spiro atoms. The third kappa shape index (κ3) is 8.91. The average molecular weight is 659 g/mol. The number of hydrogen-bond donors (Lipinski definition) is 3. The SMILES string of the molecule is COc1cc(Cl)ccc1Oc1ccc(C(F)(F)F)cc1C(=O)Nc1ccc(Cl)cc1S(N)(=O)=O.COc1ccccc1O. The highest BCUT2D eigenvalue weighted by Crippen LogP contribution is 2.38. The molecule has 4 N–H and O–H groups in total. The molecule has 0 heterocycles. The number of benzene rings is 4. The first kappa shape index (κ1) is 33.3. The number of methoxy groups -OCH3 is 2. The average Bonchev–Trinajstić information content (AvgIpc) is 2.94. The number of alkyl halides is 3. The number of sulfonamides is 1. The fraction of sp³-hybridized carbons (Fsp3) is 0.107. The molecule has 0 saturated heterocycles. The zero-order valence-corrected chi connectivity index (χ0v) is 24.6. The number of phenolic OH excluding ortho intramolecular Hbond substituents is 1. The number of halogens is 5. The predicted octanol–water partition coefficient (Wildman–Crippen LogP) is 7.11. The van der Waals surface area contributed by atoms with Crippen LogP contribution in [0.5, 0.6) is 28.7 Å². The van der Waals surface area contributed by atoms with Crippen LogP contribution < -0.4 is 24.7 Å². The second kappa shape index (κ2) is 13.9. The Morgan fingerprint density at radius 3 is 2.02 bits per heavy atom. The maximum absolute atomic E-state index is 13.3. The number of rotatable bonds is 7. The summed E-state index contributed by atoms with van der Waals surface area (Å²) in [5.41, 5.74) is -1.96. The molecule has 4 aromatic carbocycles.